The van der Waals surface area contributed by atoms with Gasteiger partial charge in [0.1, 0.15) is 0 Å². The number of alkyl halides is 3. The Morgan fingerprint density at radius 2 is 1.83 bits per heavy atom. The maximum Gasteiger partial charge on any atom is 0.418 e. The molecule has 1 nitrogen and oxygen atoms in total. The van der Waals surface area contributed by atoms with Crippen molar-refractivity contribution in [3.05, 3.63) is 40.9 Å². The van der Waals surface area contributed by atoms with Crippen LogP contribution in [0.1, 0.15) is 5.56 Å². The lowest BCUT2D eigenvalue weighted by molar-refractivity contribution is -0.136. The van der Waals surface area contributed by atoms with Gasteiger partial charge in [-0.2, -0.15) is 18.2 Å². The minimum absolute atomic E-state index is 0.00139. The third-order valence-corrected chi connectivity index (χ3v) is 2.84. The Kier molecular flexibility index (Phi) is 3.39. The van der Waals surface area contributed by atoms with Crippen molar-refractivity contribution in [2.45, 2.75) is 6.18 Å². The van der Waals surface area contributed by atoms with Gasteiger partial charge in [0, 0.05) is 5.39 Å². The molecule has 0 aromatic heterocycles. The van der Waals surface area contributed by atoms with Crippen molar-refractivity contribution in [3.63, 3.8) is 0 Å². The van der Waals surface area contributed by atoms with Gasteiger partial charge in [0.25, 0.3) is 0 Å². The van der Waals surface area contributed by atoms with Crippen LogP contribution in [0, 0.1) is 0 Å². The number of aliphatic imine (C=N–C) groups is 1. The number of halogens is 4. The number of nitrogens with zero attached hydrogens (tertiary/aromatic N) is 1. The number of thiocarbonyl (C=S) groups is 1. The molecule has 0 spiro atoms. The Morgan fingerprint density at radius 1 is 1.11 bits per heavy atom. The number of rotatable bonds is 1. The van der Waals surface area contributed by atoms with Crippen molar-refractivity contribution in [1.82, 2.24) is 0 Å². The summed E-state index contributed by atoms with van der Waals surface area (Å²) in [6, 6.07) is 7.08. The van der Waals surface area contributed by atoms with Gasteiger partial charge in [0.2, 0.25) is 0 Å². The van der Waals surface area contributed by atoms with Crippen molar-refractivity contribution in [2.75, 3.05) is 0 Å². The Morgan fingerprint density at radius 3 is 2.44 bits per heavy atom. The summed E-state index contributed by atoms with van der Waals surface area (Å²) in [6.07, 6.45) is -4.52. The Balaban J connectivity index is 2.91. The highest BCUT2D eigenvalue weighted by Gasteiger charge is 2.35. The second-order valence-corrected chi connectivity index (χ2v) is 4.09. The summed E-state index contributed by atoms with van der Waals surface area (Å²) in [5.41, 5.74) is -0.521. The molecule has 2 aromatic rings. The van der Waals surface area contributed by atoms with Crippen LogP contribution in [-0.4, -0.2) is 5.16 Å². The summed E-state index contributed by atoms with van der Waals surface area (Å²) >= 11 is 10.1. The number of hydrogen-bond donors (Lipinski definition) is 0. The van der Waals surface area contributed by atoms with Gasteiger partial charge in [-0.15, -0.1) is 0 Å². The molecule has 18 heavy (non-hydrogen) atoms. The highest BCUT2D eigenvalue weighted by molar-refractivity contribution is 7.78. The summed E-state index contributed by atoms with van der Waals surface area (Å²) in [5.74, 6) is 0. The average Bonchev–Trinajstić information content (AvgIpc) is 2.27. The highest BCUT2D eigenvalue weighted by atomic mass is 35.5. The molecule has 0 radical (unpaired) electrons. The van der Waals surface area contributed by atoms with Gasteiger partial charge < -0.3 is 0 Å². The first-order valence-corrected chi connectivity index (χ1v) is 5.60. The predicted octanol–water partition coefficient (Wildman–Crippen LogP) is 5.25. The summed E-state index contributed by atoms with van der Waals surface area (Å²) in [4.78, 5) is 3.74. The van der Waals surface area contributed by atoms with Crippen LogP contribution in [0.4, 0.5) is 18.9 Å². The number of hydrogen-bond acceptors (Lipinski definition) is 2. The van der Waals surface area contributed by atoms with E-state index < -0.39 is 11.7 Å². The zero-order chi connectivity index (χ0) is 13.3. The molecule has 0 bridgehead atoms. The molecule has 0 heterocycles. The molecule has 2 rings (SSSR count). The number of benzene rings is 2. The molecule has 0 fully saturated rings. The van der Waals surface area contributed by atoms with Gasteiger partial charge in [0.15, 0.2) is 0 Å². The molecule has 6 heteroatoms. The topological polar surface area (TPSA) is 12.4 Å². The fraction of sp³-hybridized carbons (Fsp3) is 0.0833. The van der Waals surface area contributed by atoms with E-state index in [2.05, 4.69) is 22.4 Å². The molecule has 0 amide bonds. The van der Waals surface area contributed by atoms with E-state index in [0.717, 1.165) is 0 Å². The van der Waals surface area contributed by atoms with E-state index >= 15 is 0 Å². The number of fused-ring (bicyclic) bond motifs is 1. The first-order chi connectivity index (χ1) is 8.45. The van der Waals surface area contributed by atoms with E-state index in [0.29, 0.717) is 11.1 Å². The Hall–Kier alpha value is -1.42. The molecular weight excluding hydrogens is 283 g/mol. The van der Waals surface area contributed by atoms with Crippen molar-refractivity contribution in [2.24, 2.45) is 4.99 Å². The minimum atomic E-state index is -4.52. The van der Waals surface area contributed by atoms with Gasteiger partial charge in [0.05, 0.1) is 21.4 Å². The lowest BCUT2D eigenvalue weighted by atomic mass is 10.0. The standard InChI is InChI=1S/C12H5ClF3NS/c13-9-5-4-7-8(11(9)12(14,15)16)2-1-3-10(7)17-6-18/h1-5H. The molecule has 0 N–H and O–H groups in total. The average molecular weight is 288 g/mol. The molecule has 0 atom stereocenters. The monoisotopic (exact) mass is 287 g/mol. The van der Waals surface area contributed by atoms with Crippen molar-refractivity contribution >= 4 is 45.4 Å². The van der Waals surface area contributed by atoms with Crippen LogP contribution in [-0.2, 0) is 6.18 Å². The smallest absolute Gasteiger partial charge is 0.194 e. The first-order valence-electron chi connectivity index (χ1n) is 4.81. The summed E-state index contributed by atoms with van der Waals surface area (Å²) in [5, 5.41) is 2.15. The number of isothiocyanates is 1. The lowest BCUT2D eigenvalue weighted by Gasteiger charge is -2.13. The normalized spacial score (nSPS) is 11.3. The molecule has 2 aromatic carbocycles. The van der Waals surface area contributed by atoms with Crippen LogP contribution in [0.25, 0.3) is 10.8 Å². The van der Waals surface area contributed by atoms with Crippen LogP contribution in [0.3, 0.4) is 0 Å². The third kappa shape index (κ3) is 2.25. The van der Waals surface area contributed by atoms with Gasteiger partial charge in [-0.25, -0.2) is 0 Å². The minimum Gasteiger partial charge on any atom is -0.194 e. The highest BCUT2D eigenvalue weighted by Crippen LogP contribution is 2.41. The molecule has 0 unspecified atom stereocenters. The molecule has 0 saturated carbocycles. The van der Waals surface area contributed by atoms with Crippen molar-refractivity contribution < 1.29 is 13.2 Å². The maximum atomic E-state index is 12.9. The molecule has 0 aliphatic carbocycles. The van der Waals surface area contributed by atoms with E-state index in [1.165, 1.54) is 24.3 Å². The zero-order valence-corrected chi connectivity index (χ0v) is 10.3. The molecule has 92 valence electrons. The van der Waals surface area contributed by atoms with E-state index in [1.807, 2.05) is 0 Å². The van der Waals surface area contributed by atoms with Gasteiger partial charge >= 0.3 is 6.18 Å². The van der Waals surface area contributed by atoms with Crippen molar-refractivity contribution in [3.8, 4) is 0 Å². The molecule has 0 saturated heterocycles. The fourth-order valence-electron chi connectivity index (χ4n) is 1.75. The van der Waals surface area contributed by atoms with E-state index in [4.69, 9.17) is 11.6 Å². The fourth-order valence-corrected chi connectivity index (χ4v) is 2.12. The van der Waals surface area contributed by atoms with Crippen LogP contribution in [0.5, 0.6) is 0 Å². The summed E-state index contributed by atoms with van der Waals surface area (Å²) in [6.45, 7) is 0. The van der Waals surface area contributed by atoms with E-state index in [1.54, 1.807) is 6.07 Å². The second-order valence-electron chi connectivity index (χ2n) is 3.50. The molecular formula is C12H5ClF3NS. The SMILES string of the molecule is FC(F)(F)c1c(Cl)ccc2c(N=C=S)cccc12. The van der Waals surface area contributed by atoms with Crippen LogP contribution < -0.4 is 0 Å². The van der Waals surface area contributed by atoms with Crippen molar-refractivity contribution in [1.29, 1.82) is 0 Å². The Bertz CT molecular complexity index is 660. The van der Waals surface area contributed by atoms with E-state index in [9.17, 15) is 13.2 Å². The van der Waals surface area contributed by atoms with Crippen LogP contribution >= 0.6 is 23.8 Å². The van der Waals surface area contributed by atoms with E-state index in [-0.39, 0.29) is 10.4 Å². The Labute approximate surface area is 111 Å². The van der Waals surface area contributed by atoms with Crippen LogP contribution in [0.15, 0.2) is 35.3 Å². The first kappa shape index (κ1) is 13.0. The quantitative estimate of drug-likeness (QED) is 0.516. The molecule has 0 aliphatic rings. The van der Waals surface area contributed by atoms with Gasteiger partial charge in [-0.05, 0) is 29.7 Å². The summed E-state index contributed by atoms with van der Waals surface area (Å²) in [7, 11) is 0. The maximum absolute atomic E-state index is 12.9. The third-order valence-electron chi connectivity index (χ3n) is 2.44. The lowest BCUT2D eigenvalue weighted by Crippen LogP contribution is -2.06. The van der Waals surface area contributed by atoms with Gasteiger partial charge in [-0.3, -0.25) is 0 Å². The largest absolute Gasteiger partial charge is 0.418 e. The van der Waals surface area contributed by atoms with Crippen LogP contribution in [0.2, 0.25) is 5.02 Å². The predicted molar refractivity (Wildman–Crippen MR) is 68.6 cm³/mol. The second kappa shape index (κ2) is 4.69. The summed E-state index contributed by atoms with van der Waals surface area (Å²) < 4.78 is 38.8. The zero-order valence-electron chi connectivity index (χ0n) is 8.75. The molecule has 0 aliphatic heterocycles. The van der Waals surface area contributed by atoms with Gasteiger partial charge in [-0.1, -0.05) is 29.8 Å².